The van der Waals surface area contributed by atoms with Gasteiger partial charge in [0.25, 0.3) is 0 Å². The Bertz CT molecular complexity index is 205. The van der Waals surface area contributed by atoms with Crippen molar-refractivity contribution >= 4 is 17.5 Å². The molecule has 0 aromatic heterocycles. The number of piperidine rings is 1. The van der Waals surface area contributed by atoms with E-state index in [2.05, 4.69) is 17.1 Å². The third-order valence-electron chi connectivity index (χ3n) is 2.99. The zero-order chi connectivity index (χ0) is 11.8. The van der Waals surface area contributed by atoms with Crippen LogP contribution in [0.3, 0.4) is 0 Å². The summed E-state index contributed by atoms with van der Waals surface area (Å²) in [5, 5.41) is 2.92. The fraction of sp³-hybridized carbons (Fsp3) is 0.917. The average molecular weight is 247 g/mol. The summed E-state index contributed by atoms with van der Waals surface area (Å²) in [6, 6.07) is 0. The molecule has 1 heterocycles. The van der Waals surface area contributed by atoms with Crippen LogP contribution in [0.1, 0.15) is 32.6 Å². The standard InChI is InChI=1S/C12H23ClN2O/c1-11(9-14-12(16)5-6-13)10-15-7-3-2-4-8-15/h11H,2-10H2,1H3,(H,14,16). The Balaban J connectivity index is 2.09. The molecule has 1 saturated heterocycles. The molecule has 0 radical (unpaired) electrons. The highest BCUT2D eigenvalue weighted by Crippen LogP contribution is 2.10. The molecule has 0 spiro atoms. The van der Waals surface area contributed by atoms with Gasteiger partial charge in [-0.3, -0.25) is 4.79 Å². The topological polar surface area (TPSA) is 32.3 Å². The molecule has 0 aliphatic carbocycles. The van der Waals surface area contributed by atoms with E-state index in [4.69, 9.17) is 11.6 Å². The Kier molecular flexibility index (Phi) is 6.81. The second-order valence-electron chi connectivity index (χ2n) is 4.71. The minimum atomic E-state index is 0.0699. The third kappa shape index (κ3) is 5.71. The molecule has 0 saturated carbocycles. The molecule has 16 heavy (non-hydrogen) atoms. The van der Waals surface area contributed by atoms with Crippen LogP contribution < -0.4 is 5.32 Å². The van der Waals surface area contributed by atoms with Crippen LogP contribution in [-0.4, -0.2) is 42.9 Å². The van der Waals surface area contributed by atoms with E-state index < -0.39 is 0 Å². The lowest BCUT2D eigenvalue weighted by atomic mass is 10.1. The molecule has 4 heteroatoms. The van der Waals surface area contributed by atoms with Crippen molar-refractivity contribution in [2.45, 2.75) is 32.6 Å². The largest absolute Gasteiger partial charge is 0.356 e. The zero-order valence-electron chi connectivity index (χ0n) is 10.2. The van der Waals surface area contributed by atoms with E-state index in [0.29, 0.717) is 18.2 Å². The lowest BCUT2D eigenvalue weighted by Gasteiger charge is -2.29. The van der Waals surface area contributed by atoms with Crippen LogP contribution in [0.5, 0.6) is 0 Å². The first-order chi connectivity index (χ1) is 7.72. The van der Waals surface area contributed by atoms with Gasteiger partial charge < -0.3 is 10.2 Å². The maximum atomic E-state index is 11.2. The van der Waals surface area contributed by atoms with Gasteiger partial charge in [0.1, 0.15) is 0 Å². The van der Waals surface area contributed by atoms with Gasteiger partial charge in [-0.1, -0.05) is 13.3 Å². The third-order valence-corrected chi connectivity index (χ3v) is 3.18. The van der Waals surface area contributed by atoms with Crippen molar-refractivity contribution in [2.24, 2.45) is 5.92 Å². The van der Waals surface area contributed by atoms with Crippen LogP contribution >= 0.6 is 11.6 Å². The highest BCUT2D eigenvalue weighted by Gasteiger charge is 2.13. The predicted molar refractivity (Wildman–Crippen MR) is 67.8 cm³/mol. The first kappa shape index (κ1) is 13.8. The summed E-state index contributed by atoms with van der Waals surface area (Å²) in [6.07, 6.45) is 4.45. The quantitative estimate of drug-likeness (QED) is 0.726. The number of alkyl halides is 1. The van der Waals surface area contributed by atoms with E-state index in [0.717, 1.165) is 13.1 Å². The van der Waals surface area contributed by atoms with E-state index in [1.54, 1.807) is 0 Å². The number of hydrogen-bond acceptors (Lipinski definition) is 2. The SMILES string of the molecule is CC(CNC(=O)CCCl)CN1CCCCC1. The smallest absolute Gasteiger partial charge is 0.221 e. The van der Waals surface area contributed by atoms with Crippen molar-refractivity contribution in [1.29, 1.82) is 0 Å². The summed E-state index contributed by atoms with van der Waals surface area (Å²) >= 11 is 5.50. The fourth-order valence-electron chi connectivity index (χ4n) is 2.11. The summed E-state index contributed by atoms with van der Waals surface area (Å²) in [6.45, 7) is 6.50. The summed E-state index contributed by atoms with van der Waals surface area (Å²) in [5.41, 5.74) is 0. The fourth-order valence-corrected chi connectivity index (χ4v) is 2.28. The number of hydrogen-bond donors (Lipinski definition) is 1. The first-order valence-corrected chi connectivity index (χ1v) is 6.81. The van der Waals surface area contributed by atoms with Crippen LogP contribution in [0, 0.1) is 5.92 Å². The summed E-state index contributed by atoms with van der Waals surface area (Å²) in [7, 11) is 0. The van der Waals surface area contributed by atoms with Gasteiger partial charge in [0, 0.05) is 25.4 Å². The predicted octanol–water partition coefficient (Wildman–Crippen LogP) is 1.85. The Morgan fingerprint density at radius 3 is 2.69 bits per heavy atom. The maximum absolute atomic E-state index is 11.2. The van der Waals surface area contributed by atoms with E-state index in [1.165, 1.54) is 32.4 Å². The molecular formula is C12H23ClN2O. The van der Waals surface area contributed by atoms with Crippen LogP contribution in [0.2, 0.25) is 0 Å². The number of carbonyl (C=O) groups excluding carboxylic acids is 1. The minimum absolute atomic E-state index is 0.0699. The molecule has 0 bridgehead atoms. The van der Waals surface area contributed by atoms with Crippen molar-refractivity contribution in [3.63, 3.8) is 0 Å². The second-order valence-corrected chi connectivity index (χ2v) is 5.09. The molecule has 1 N–H and O–H groups in total. The van der Waals surface area contributed by atoms with E-state index in [9.17, 15) is 4.79 Å². The molecule has 3 nitrogen and oxygen atoms in total. The summed E-state index contributed by atoms with van der Waals surface area (Å²) in [4.78, 5) is 13.7. The van der Waals surface area contributed by atoms with Gasteiger partial charge >= 0.3 is 0 Å². The van der Waals surface area contributed by atoms with Gasteiger partial charge in [0.2, 0.25) is 5.91 Å². The van der Waals surface area contributed by atoms with Crippen LogP contribution in [0.25, 0.3) is 0 Å². The molecular weight excluding hydrogens is 224 g/mol. The van der Waals surface area contributed by atoms with Gasteiger partial charge in [-0.15, -0.1) is 11.6 Å². The van der Waals surface area contributed by atoms with Gasteiger partial charge in [-0.25, -0.2) is 0 Å². The second kappa shape index (κ2) is 7.91. The Hall–Kier alpha value is -0.280. The number of amides is 1. The number of nitrogens with zero attached hydrogens (tertiary/aromatic N) is 1. The van der Waals surface area contributed by atoms with E-state index in [-0.39, 0.29) is 5.91 Å². The first-order valence-electron chi connectivity index (χ1n) is 6.27. The van der Waals surface area contributed by atoms with Gasteiger partial charge in [0.15, 0.2) is 0 Å². The number of rotatable bonds is 6. The highest BCUT2D eigenvalue weighted by atomic mass is 35.5. The monoisotopic (exact) mass is 246 g/mol. The number of halogens is 1. The minimum Gasteiger partial charge on any atom is -0.356 e. The Morgan fingerprint density at radius 2 is 2.06 bits per heavy atom. The molecule has 0 aromatic carbocycles. The normalized spacial score (nSPS) is 19.4. The van der Waals surface area contributed by atoms with Crippen LogP contribution in [0.4, 0.5) is 0 Å². The molecule has 1 aliphatic heterocycles. The maximum Gasteiger partial charge on any atom is 0.221 e. The average Bonchev–Trinajstić information content (AvgIpc) is 2.28. The van der Waals surface area contributed by atoms with Gasteiger partial charge in [-0.2, -0.15) is 0 Å². The lowest BCUT2D eigenvalue weighted by Crippen LogP contribution is -2.38. The molecule has 1 atom stereocenters. The molecule has 1 amide bonds. The summed E-state index contributed by atoms with van der Waals surface area (Å²) in [5.74, 6) is 1.00. The van der Waals surface area contributed by atoms with Crippen LogP contribution in [-0.2, 0) is 4.79 Å². The van der Waals surface area contributed by atoms with Crippen molar-refractivity contribution in [2.75, 3.05) is 32.1 Å². The number of likely N-dealkylation sites (tertiary alicyclic amines) is 1. The van der Waals surface area contributed by atoms with Gasteiger partial charge in [-0.05, 0) is 31.8 Å². The lowest BCUT2D eigenvalue weighted by molar-refractivity contribution is -0.120. The van der Waals surface area contributed by atoms with E-state index >= 15 is 0 Å². The molecule has 0 aromatic rings. The zero-order valence-corrected chi connectivity index (χ0v) is 10.9. The molecule has 94 valence electrons. The van der Waals surface area contributed by atoms with Gasteiger partial charge in [0.05, 0.1) is 0 Å². The number of nitrogens with one attached hydrogen (secondary N) is 1. The van der Waals surface area contributed by atoms with Crippen molar-refractivity contribution in [1.82, 2.24) is 10.2 Å². The Labute approximate surface area is 104 Å². The van der Waals surface area contributed by atoms with Crippen molar-refractivity contribution < 1.29 is 4.79 Å². The van der Waals surface area contributed by atoms with Crippen molar-refractivity contribution in [3.05, 3.63) is 0 Å². The molecule has 1 rings (SSSR count). The molecule has 1 unspecified atom stereocenters. The molecule has 1 fully saturated rings. The van der Waals surface area contributed by atoms with Crippen molar-refractivity contribution in [3.8, 4) is 0 Å². The van der Waals surface area contributed by atoms with E-state index in [1.807, 2.05) is 0 Å². The highest BCUT2D eigenvalue weighted by molar-refractivity contribution is 6.18. The molecule has 1 aliphatic rings. The Morgan fingerprint density at radius 1 is 1.38 bits per heavy atom. The summed E-state index contributed by atoms with van der Waals surface area (Å²) < 4.78 is 0. The van der Waals surface area contributed by atoms with Crippen LogP contribution in [0.15, 0.2) is 0 Å². The number of carbonyl (C=O) groups is 1.